The van der Waals surface area contributed by atoms with Crippen LogP contribution in [0.25, 0.3) is 0 Å². The van der Waals surface area contributed by atoms with Crippen molar-refractivity contribution in [2.24, 2.45) is 0 Å². The normalized spacial score (nSPS) is 19.5. The number of piperazine rings is 1. The molecule has 1 amide bonds. The molecule has 0 saturated carbocycles. The number of amides is 1. The third-order valence-corrected chi connectivity index (χ3v) is 7.32. The van der Waals surface area contributed by atoms with Gasteiger partial charge in [0.25, 0.3) is 5.91 Å². The molecule has 25 heavy (non-hydrogen) atoms. The highest BCUT2D eigenvalue weighted by atomic mass is 32.2. The zero-order valence-electron chi connectivity index (χ0n) is 14.5. The predicted molar refractivity (Wildman–Crippen MR) is 107 cm³/mol. The molecular weight excluding hydrogens is 354 g/mol. The molecule has 2 heterocycles. The first-order valence-electron chi connectivity index (χ1n) is 8.97. The number of nitrogens with one attached hydrogen (secondary N) is 2. The maximum Gasteiger partial charge on any atom is 0.257 e. The van der Waals surface area contributed by atoms with Crippen molar-refractivity contribution < 1.29 is 9.53 Å². The van der Waals surface area contributed by atoms with Gasteiger partial charge in [-0.25, -0.2) is 0 Å². The summed E-state index contributed by atoms with van der Waals surface area (Å²) < 4.78 is 6.14. The van der Waals surface area contributed by atoms with Crippen LogP contribution in [-0.4, -0.2) is 68.2 Å². The molecule has 1 aromatic carbocycles. The van der Waals surface area contributed by atoms with Gasteiger partial charge >= 0.3 is 0 Å². The van der Waals surface area contributed by atoms with Gasteiger partial charge in [0.1, 0.15) is 5.75 Å². The van der Waals surface area contributed by atoms with E-state index >= 15 is 0 Å². The van der Waals surface area contributed by atoms with E-state index in [4.69, 9.17) is 4.74 Å². The van der Waals surface area contributed by atoms with Crippen molar-refractivity contribution in [1.29, 1.82) is 0 Å². The second-order valence-corrected chi connectivity index (χ2v) is 8.95. The lowest BCUT2D eigenvalue weighted by molar-refractivity contribution is -0.123. The van der Waals surface area contributed by atoms with Crippen LogP contribution < -0.4 is 15.4 Å². The summed E-state index contributed by atoms with van der Waals surface area (Å²) in [6, 6.07) is 8.18. The Morgan fingerprint density at radius 2 is 1.92 bits per heavy atom. The monoisotopic (exact) mass is 381 g/mol. The van der Waals surface area contributed by atoms with Crippen LogP contribution in [0.5, 0.6) is 5.75 Å². The zero-order valence-corrected chi connectivity index (χ0v) is 16.2. The number of hydrogen-bond acceptors (Lipinski definition) is 6. The van der Waals surface area contributed by atoms with Crippen LogP contribution in [0.2, 0.25) is 0 Å². The lowest BCUT2D eigenvalue weighted by Crippen LogP contribution is -2.46. The molecule has 0 spiro atoms. The summed E-state index contributed by atoms with van der Waals surface area (Å²) in [5.74, 6) is 3.18. The maximum atomic E-state index is 11.9. The molecule has 5 nitrogen and oxygen atoms in total. The Labute approximate surface area is 158 Å². The van der Waals surface area contributed by atoms with E-state index in [2.05, 4.69) is 27.7 Å². The molecule has 2 saturated heterocycles. The predicted octanol–water partition coefficient (Wildman–Crippen LogP) is 1.96. The van der Waals surface area contributed by atoms with Crippen LogP contribution in [0.3, 0.4) is 0 Å². The second kappa shape index (κ2) is 10.3. The standard InChI is InChI=1S/C18H27N3O2S2/c22-17(20-8-11-21-9-6-19-7-10-21)14-23-16-4-2-15(3-5-16)18-24-12-1-13-25-18/h2-5,18-19H,1,6-14H2,(H,20,22). The summed E-state index contributed by atoms with van der Waals surface area (Å²) in [6.45, 7) is 5.83. The minimum atomic E-state index is -0.0578. The van der Waals surface area contributed by atoms with Gasteiger partial charge in [-0.3, -0.25) is 9.69 Å². The van der Waals surface area contributed by atoms with Gasteiger partial charge in [0, 0.05) is 39.3 Å². The van der Waals surface area contributed by atoms with E-state index in [1.54, 1.807) is 0 Å². The molecule has 7 heteroatoms. The molecule has 1 aromatic rings. The van der Waals surface area contributed by atoms with E-state index in [1.165, 1.54) is 23.5 Å². The van der Waals surface area contributed by atoms with Gasteiger partial charge in [-0.1, -0.05) is 12.1 Å². The molecule has 2 N–H and O–H groups in total. The van der Waals surface area contributed by atoms with Crippen molar-refractivity contribution >= 4 is 29.4 Å². The van der Waals surface area contributed by atoms with Gasteiger partial charge in [-0.2, -0.15) is 0 Å². The summed E-state index contributed by atoms with van der Waals surface area (Å²) in [7, 11) is 0. The van der Waals surface area contributed by atoms with Gasteiger partial charge in [0.15, 0.2) is 6.61 Å². The maximum absolute atomic E-state index is 11.9. The van der Waals surface area contributed by atoms with Crippen LogP contribution in [0, 0.1) is 0 Å². The molecule has 0 radical (unpaired) electrons. The van der Waals surface area contributed by atoms with Crippen LogP contribution in [0.1, 0.15) is 16.6 Å². The van der Waals surface area contributed by atoms with Crippen molar-refractivity contribution in [3.8, 4) is 5.75 Å². The van der Waals surface area contributed by atoms with Crippen LogP contribution >= 0.6 is 23.5 Å². The molecule has 2 aliphatic heterocycles. The van der Waals surface area contributed by atoms with E-state index in [1.807, 2.05) is 35.7 Å². The molecular formula is C18H27N3O2S2. The Kier molecular flexibility index (Phi) is 7.79. The SMILES string of the molecule is O=C(COc1ccc(C2SCCCS2)cc1)NCCN1CCNCC1. The minimum Gasteiger partial charge on any atom is -0.484 e. The quantitative estimate of drug-likeness (QED) is 0.753. The smallest absolute Gasteiger partial charge is 0.257 e. The van der Waals surface area contributed by atoms with Gasteiger partial charge in [-0.05, 0) is 35.6 Å². The van der Waals surface area contributed by atoms with Crippen molar-refractivity contribution in [3.63, 3.8) is 0 Å². The highest BCUT2D eigenvalue weighted by Crippen LogP contribution is 2.43. The first-order chi connectivity index (χ1) is 12.3. The van der Waals surface area contributed by atoms with Crippen molar-refractivity contribution in [3.05, 3.63) is 29.8 Å². The van der Waals surface area contributed by atoms with E-state index in [-0.39, 0.29) is 12.5 Å². The van der Waals surface area contributed by atoms with Gasteiger partial charge in [0.2, 0.25) is 0 Å². The molecule has 2 aliphatic rings. The zero-order chi connectivity index (χ0) is 17.3. The number of carbonyl (C=O) groups excluding carboxylic acids is 1. The lowest BCUT2D eigenvalue weighted by Gasteiger charge is -2.27. The average molecular weight is 382 g/mol. The molecule has 3 rings (SSSR count). The first kappa shape index (κ1) is 18.9. The second-order valence-electron chi connectivity index (χ2n) is 6.23. The van der Waals surface area contributed by atoms with Crippen molar-refractivity contribution in [1.82, 2.24) is 15.5 Å². The Morgan fingerprint density at radius 3 is 2.64 bits per heavy atom. The Balaban J connectivity index is 1.34. The first-order valence-corrected chi connectivity index (χ1v) is 11.1. The number of nitrogens with zero attached hydrogens (tertiary/aromatic N) is 1. The molecule has 138 valence electrons. The number of rotatable bonds is 7. The summed E-state index contributed by atoms with van der Waals surface area (Å²) >= 11 is 4.02. The molecule has 0 aliphatic carbocycles. The van der Waals surface area contributed by atoms with E-state index < -0.39 is 0 Å². The van der Waals surface area contributed by atoms with Crippen molar-refractivity contribution in [2.45, 2.75) is 11.0 Å². The molecule has 0 aromatic heterocycles. The lowest BCUT2D eigenvalue weighted by atomic mass is 10.2. The molecule has 0 atom stereocenters. The number of thioether (sulfide) groups is 2. The fourth-order valence-corrected chi connectivity index (χ4v) is 5.78. The van der Waals surface area contributed by atoms with Gasteiger partial charge < -0.3 is 15.4 Å². The summed E-state index contributed by atoms with van der Waals surface area (Å²) in [5.41, 5.74) is 1.34. The number of ether oxygens (including phenoxy) is 1. The highest BCUT2D eigenvalue weighted by molar-refractivity contribution is 8.16. The van der Waals surface area contributed by atoms with E-state index in [9.17, 15) is 4.79 Å². The van der Waals surface area contributed by atoms with Crippen LogP contribution in [0.15, 0.2) is 24.3 Å². The summed E-state index contributed by atoms with van der Waals surface area (Å²) in [5, 5.41) is 6.26. The van der Waals surface area contributed by atoms with Gasteiger partial charge in [-0.15, -0.1) is 23.5 Å². The van der Waals surface area contributed by atoms with E-state index in [0.29, 0.717) is 11.1 Å². The summed E-state index contributed by atoms with van der Waals surface area (Å²) in [4.78, 5) is 14.3. The average Bonchev–Trinajstić information content (AvgIpc) is 2.68. The largest absolute Gasteiger partial charge is 0.484 e. The fraction of sp³-hybridized carbons (Fsp3) is 0.611. The Hall–Kier alpha value is -0.890. The van der Waals surface area contributed by atoms with Crippen LogP contribution in [-0.2, 0) is 4.79 Å². The number of benzene rings is 1. The Bertz CT molecular complexity index is 530. The number of hydrogen-bond donors (Lipinski definition) is 2. The van der Waals surface area contributed by atoms with E-state index in [0.717, 1.165) is 38.5 Å². The highest BCUT2D eigenvalue weighted by Gasteiger charge is 2.16. The Morgan fingerprint density at radius 1 is 1.20 bits per heavy atom. The minimum absolute atomic E-state index is 0.0578. The van der Waals surface area contributed by atoms with Gasteiger partial charge in [0.05, 0.1) is 4.58 Å². The van der Waals surface area contributed by atoms with Crippen LogP contribution in [0.4, 0.5) is 0 Å². The third kappa shape index (κ3) is 6.40. The molecule has 0 bridgehead atoms. The fourth-order valence-electron chi connectivity index (χ4n) is 2.89. The topological polar surface area (TPSA) is 53.6 Å². The third-order valence-electron chi connectivity index (χ3n) is 4.31. The molecule has 2 fully saturated rings. The summed E-state index contributed by atoms with van der Waals surface area (Å²) in [6.07, 6.45) is 1.30. The van der Waals surface area contributed by atoms with Crippen molar-refractivity contribution in [2.75, 3.05) is 57.4 Å². The number of carbonyl (C=O) groups is 1. The molecule has 0 unspecified atom stereocenters.